The highest BCUT2D eigenvalue weighted by Gasteiger charge is 2.29. The largest absolute Gasteiger partial charge is 0.348 e. The van der Waals surface area contributed by atoms with Crippen molar-refractivity contribution in [1.82, 2.24) is 15.3 Å². The lowest BCUT2D eigenvalue weighted by atomic mass is 9.96. The molecule has 4 aromatic rings. The zero-order chi connectivity index (χ0) is 20.1. The third kappa shape index (κ3) is 2.51. The second-order valence-electron chi connectivity index (χ2n) is 7.52. The van der Waals surface area contributed by atoms with Crippen molar-refractivity contribution in [3.05, 3.63) is 107 Å². The van der Waals surface area contributed by atoms with Crippen molar-refractivity contribution in [2.75, 3.05) is 0 Å². The average Bonchev–Trinajstić information content (AvgIpc) is 3.37. The van der Waals surface area contributed by atoms with E-state index in [1.165, 1.54) is 21.9 Å². The molecule has 2 aromatic carbocycles. The van der Waals surface area contributed by atoms with E-state index in [1.807, 2.05) is 36.5 Å². The van der Waals surface area contributed by atoms with Gasteiger partial charge in [0.15, 0.2) is 0 Å². The lowest BCUT2D eigenvalue weighted by molar-refractivity contribution is -0.117. The van der Waals surface area contributed by atoms with E-state index in [-0.39, 0.29) is 5.91 Å². The van der Waals surface area contributed by atoms with E-state index < -0.39 is 0 Å². The van der Waals surface area contributed by atoms with Gasteiger partial charge in [0.25, 0.3) is 5.91 Å². The van der Waals surface area contributed by atoms with Crippen LogP contribution < -0.4 is 5.32 Å². The van der Waals surface area contributed by atoms with Crippen molar-refractivity contribution in [2.24, 2.45) is 0 Å². The SMILES string of the molecule is O=C(NCc1cccnc1)C1=CC=C2C1=Cc1c2ccc2c1ccc1ncccc12. The summed E-state index contributed by atoms with van der Waals surface area (Å²) in [7, 11) is 0. The van der Waals surface area contributed by atoms with Crippen molar-refractivity contribution >= 4 is 39.2 Å². The van der Waals surface area contributed by atoms with Gasteiger partial charge in [0.1, 0.15) is 0 Å². The van der Waals surface area contributed by atoms with E-state index in [2.05, 4.69) is 51.7 Å². The number of hydrogen-bond donors (Lipinski definition) is 1. The highest BCUT2D eigenvalue weighted by atomic mass is 16.1. The number of hydrogen-bond acceptors (Lipinski definition) is 3. The topological polar surface area (TPSA) is 54.9 Å². The van der Waals surface area contributed by atoms with E-state index in [0.29, 0.717) is 12.1 Å². The number of carbonyl (C=O) groups is 1. The van der Waals surface area contributed by atoms with Crippen LogP contribution in [0.25, 0.3) is 33.3 Å². The number of rotatable bonds is 3. The summed E-state index contributed by atoms with van der Waals surface area (Å²) < 4.78 is 0. The average molecular weight is 387 g/mol. The van der Waals surface area contributed by atoms with Gasteiger partial charge in [0.2, 0.25) is 0 Å². The van der Waals surface area contributed by atoms with Crippen molar-refractivity contribution in [3.8, 4) is 0 Å². The molecule has 1 N–H and O–H groups in total. The Labute approximate surface area is 173 Å². The molecule has 0 radical (unpaired) electrons. The molecule has 0 bridgehead atoms. The molecule has 2 aromatic heterocycles. The van der Waals surface area contributed by atoms with Crippen LogP contribution in [0.3, 0.4) is 0 Å². The standard InChI is InChI=1S/C26H17N3O/c30-26(29-15-16-3-1-11-27-14-16)22-8-7-19-18-6-5-17-20(23(18)13-24(19)22)9-10-25-21(17)4-2-12-28-25/h1-14H,15H2,(H,29,30). The summed E-state index contributed by atoms with van der Waals surface area (Å²) in [5.41, 5.74) is 7.13. The molecule has 2 aliphatic carbocycles. The Kier molecular flexibility index (Phi) is 3.65. The molecule has 0 fully saturated rings. The first kappa shape index (κ1) is 16.9. The van der Waals surface area contributed by atoms with E-state index in [9.17, 15) is 4.79 Å². The summed E-state index contributed by atoms with van der Waals surface area (Å²) in [5.74, 6) is -0.0666. The van der Waals surface area contributed by atoms with Crippen molar-refractivity contribution in [1.29, 1.82) is 0 Å². The van der Waals surface area contributed by atoms with Gasteiger partial charge in [-0.1, -0.05) is 36.4 Å². The zero-order valence-corrected chi connectivity index (χ0v) is 16.1. The number of aromatic nitrogens is 2. The third-order valence-electron chi connectivity index (χ3n) is 5.82. The molecule has 0 saturated carbocycles. The number of nitrogens with zero attached hydrogens (tertiary/aromatic N) is 2. The van der Waals surface area contributed by atoms with Gasteiger partial charge < -0.3 is 5.32 Å². The molecule has 0 saturated heterocycles. The first-order valence-corrected chi connectivity index (χ1v) is 9.92. The highest BCUT2D eigenvalue weighted by Crippen LogP contribution is 2.45. The Morgan fingerprint density at radius 3 is 2.67 bits per heavy atom. The summed E-state index contributed by atoms with van der Waals surface area (Å²) >= 11 is 0. The number of pyridine rings is 2. The maximum atomic E-state index is 12.9. The normalized spacial score (nSPS) is 14.2. The quantitative estimate of drug-likeness (QED) is 0.513. The van der Waals surface area contributed by atoms with Crippen LogP contribution in [0.1, 0.15) is 16.7 Å². The molecule has 6 rings (SSSR count). The smallest absolute Gasteiger partial charge is 0.252 e. The molecule has 0 atom stereocenters. The van der Waals surface area contributed by atoms with Gasteiger partial charge in [-0.3, -0.25) is 14.8 Å². The Morgan fingerprint density at radius 2 is 1.77 bits per heavy atom. The predicted octanol–water partition coefficient (Wildman–Crippen LogP) is 4.82. The first-order valence-electron chi connectivity index (χ1n) is 9.92. The first-order chi connectivity index (χ1) is 14.8. The lowest BCUT2D eigenvalue weighted by Crippen LogP contribution is -2.24. The van der Waals surface area contributed by atoms with Crippen LogP contribution >= 0.6 is 0 Å². The lowest BCUT2D eigenvalue weighted by Gasteiger charge is -2.08. The van der Waals surface area contributed by atoms with Crippen LogP contribution in [-0.4, -0.2) is 15.9 Å². The zero-order valence-electron chi connectivity index (χ0n) is 16.1. The molecule has 30 heavy (non-hydrogen) atoms. The summed E-state index contributed by atoms with van der Waals surface area (Å²) in [6, 6.07) is 16.4. The fourth-order valence-corrected chi connectivity index (χ4v) is 4.39. The van der Waals surface area contributed by atoms with Gasteiger partial charge in [-0.2, -0.15) is 0 Å². The minimum Gasteiger partial charge on any atom is -0.348 e. The summed E-state index contributed by atoms with van der Waals surface area (Å²) in [5, 5.41) is 6.53. The molecule has 0 aliphatic heterocycles. The van der Waals surface area contributed by atoms with Gasteiger partial charge in [0.05, 0.1) is 5.52 Å². The molecule has 2 heterocycles. The molecule has 142 valence electrons. The van der Waals surface area contributed by atoms with E-state index >= 15 is 0 Å². The number of benzene rings is 2. The molecular formula is C26H17N3O. The number of carbonyl (C=O) groups excluding carboxylic acids is 1. The van der Waals surface area contributed by atoms with Crippen LogP contribution in [0.15, 0.2) is 90.4 Å². The van der Waals surface area contributed by atoms with E-state index in [4.69, 9.17) is 0 Å². The molecule has 2 aliphatic rings. The minimum absolute atomic E-state index is 0.0666. The van der Waals surface area contributed by atoms with Gasteiger partial charge in [-0.05, 0) is 69.0 Å². The second kappa shape index (κ2) is 6.49. The van der Waals surface area contributed by atoms with Crippen molar-refractivity contribution in [2.45, 2.75) is 6.54 Å². The Hall–Kier alpha value is -4.05. The minimum atomic E-state index is -0.0666. The van der Waals surface area contributed by atoms with Crippen LogP contribution in [0, 0.1) is 0 Å². The van der Waals surface area contributed by atoms with Gasteiger partial charge in [-0.25, -0.2) is 0 Å². The third-order valence-corrected chi connectivity index (χ3v) is 5.82. The summed E-state index contributed by atoms with van der Waals surface area (Å²) in [6.07, 6.45) is 11.4. The molecule has 0 spiro atoms. The van der Waals surface area contributed by atoms with E-state index in [1.54, 1.807) is 12.4 Å². The Balaban J connectivity index is 1.36. The van der Waals surface area contributed by atoms with Gasteiger partial charge >= 0.3 is 0 Å². The van der Waals surface area contributed by atoms with Crippen LogP contribution in [0.5, 0.6) is 0 Å². The van der Waals surface area contributed by atoms with Gasteiger partial charge in [0, 0.05) is 36.1 Å². The van der Waals surface area contributed by atoms with Crippen LogP contribution in [0.2, 0.25) is 0 Å². The Morgan fingerprint density at radius 1 is 0.867 bits per heavy atom. The van der Waals surface area contributed by atoms with Crippen LogP contribution in [0.4, 0.5) is 0 Å². The molecule has 4 heteroatoms. The number of allylic oxidation sites excluding steroid dienone is 3. The fourth-order valence-electron chi connectivity index (χ4n) is 4.39. The number of fused-ring (bicyclic) bond motifs is 7. The second-order valence-corrected chi connectivity index (χ2v) is 7.52. The van der Waals surface area contributed by atoms with Crippen LogP contribution in [-0.2, 0) is 11.3 Å². The maximum absolute atomic E-state index is 12.9. The van der Waals surface area contributed by atoms with Crippen molar-refractivity contribution in [3.63, 3.8) is 0 Å². The highest BCUT2D eigenvalue weighted by molar-refractivity contribution is 6.18. The number of nitrogens with one attached hydrogen (secondary N) is 1. The molecule has 0 unspecified atom stereocenters. The monoisotopic (exact) mass is 387 g/mol. The van der Waals surface area contributed by atoms with Gasteiger partial charge in [-0.15, -0.1) is 0 Å². The van der Waals surface area contributed by atoms with E-state index in [0.717, 1.165) is 27.6 Å². The molecule has 4 nitrogen and oxygen atoms in total. The molecule has 1 amide bonds. The van der Waals surface area contributed by atoms with Crippen molar-refractivity contribution < 1.29 is 4.79 Å². The predicted molar refractivity (Wildman–Crippen MR) is 119 cm³/mol. The summed E-state index contributed by atoms with van der Waals surface area (Å²) in [4.78, 5) is 21.4. The summed E-state index contributed by atoms with van der Waals surface area (Å²) in [6.45, 7) is 0.460. The Bertz CT molecular complexity index is 1450. The number of amides is 1. The molecular weight excluding hydrogens is 370 g/mol. The maximum Gasteiger partial charge on any atom is 0.252 e. The fraction of sp³-hybridized carbons (Fsp3) is 0.0385.